The minimum absolute atomic E-state index is 0. The van der Waals surface area contributed by atoms with Gasteiger partial charge in [-0.3, -0.25) is 33.6 Å². The molecule has 0 saturated heterocycles. The minimum atomic E-state index is -1.07. The van der Waals surface area contributed by atoms with E-state index in [0.29, 0.717) is 51.7 Å². The highest BCUT2D eigenvalue weighted by Crippen LogP contribution is 2.17. The first-order valence-electron chi connectivity index (χ1n) is 22.7. The molecule has 0 spiro atoms. The van der Waals surface area contributed by atoms with Crippen molar-refractivity contribution in [3.63, 3.8) is 0 Å². The Balaban J connectivity index is -0.00000120. The van der Waals surface area contributed by atoms with Crippen LogP contribution in [0.5, 0.6) is 0 Å². The Hall–Kier alpha value is -1.41. The average Bonchev–Trinajstić information content (AvgIpc) is 3.22. The Kier molecular flexibility index (Phi) is 70.1. The number of hydrogen-bond acceptors (Lipinski definition) is 12. The number of ketones is 2. The van der Waals surface area contributed by atoms with Gasteiger partial charge in [-0.2, -0.15) is 81.0 Å². The molecule has 0 aromatic heterocycles. The highest BCUT2D eigenvalue weighted by atomic mass is 32.1. The molecule has 0 bridgehead atoms. The SMILES string of the molecule is CN[C@@H](CCCCNC(=O)COCCOCCCC(=O)COCCOCCNC(=O)CC[C@H](CC(=O)CCCCCCCCCCCCCCCCC(=O)O)C(=O)O)C(=O)O.S.S.S.S.S.S. The van der Waals surface area contributed by atoms with Crippen molar-refractivity contribution in [2.75, 3.05) is 73.0 Å². The summed E-state index contributed by atoms with van der Waals surface area (Å²) in [5, 5.41) is 35.4. The number of carbonyl (C=O) groups excluding carboxylic acids is 4. The van der Waals surface area contributed by atoms with Crippen LogP contribution in [-0.2, 0) is 52.5 Å². The Labute approximate surface area is 442 Å². The van der Waals surface area contributed by atoms with E-state index in [1.165, 1.54) is 44.9 Å². The van der Waals surface area contributed by atoms with E-state index in [0.717, 1.165) is 44.9 Å². The zero-order chi connectivity index (χ0) is 45.2. The maximum Gasteiger partial charge on any atom is 0.320 e. The number of ether oxygens (including phenoxy) is 4. The summed E-state index contributed by atoms with van der Waals surface area (Å²) < 4.78 is 21.5. The molecule has 0 unspecified atom stereocenters. The van der Waals surface area contributed by atoms with Crippen LogP contribution in [0.1, 0.15) is 154 Å². The van der Waals surface area contributed by atoms with Crippen molar-refractivity contribution in [1.29, 1.82) is 0 Å². The van der Waals surface area contributed by atoms with Gasteiger partial charge in [0.25, 0.3) is 0 Å². The fraction of sp³-hybridized carbons (Fsp3) is 0.841. The van der Waals surface area contributed by atoms with Gasteiger partial charge < -0.3 is 50.2 Å². The standard InChI is InChI=1S/C44H79N3O14.6H2S/c1-45-39(44(56)57)21-16-17-25-46-41(51)35-61-32-29-58-27-18-20-38(49)34-60-31-30-59-28-26-47-40(50)24-23-36(43(54)55)33-37(48)19-14-12-10-8-6-4-2-3-5-7-9-11-13-15-22-42(52)53;;;;;;/h36,39,45H,2-35H2,1H3,(H,46,51)(H,47,50)(H,52,53)(H,54,55)(H,56,57);6*1H2/t36-,39+;;;;;;/m1....../s1. The van der Waals surface area contributed by atoms with Gasteiger partial charge in [-0.25, -0.2) is 0 Å². The van der Waals surface area contributed by atoms with Crippen LogP contribution < -0.4 is 16.0 Å². The van der Waals surface area contributed by atoms with Gasteiger partial charge in [-0.05, 0) is 52.0 Å². The van der Waals surface area contributed by atoms with E-state index in [4.69, 9.17) is 29.2 Å². The predicted octanol–water partition coefficient (Wildman–Crippen LogP) is 5.92. The fourth-order valence-corrected chi connectivity index (χ4v) is 6.44. The normalized spacial score (nSPS) is 11.1. The first-order chi connectivity index (χ1) is 29.5. The molecular weight excluding hydrogens is 987 g/mol. The molecule has 402 valence electrons. The van der Waals surface area contributed by atoms with E-state index in [1.54, 1.807) is 7.05 Å². The second-order valence-corrected chi connectivity index (χ2v) is 15.5. The third kappa shape index (κ3) is 57.1. The molecule has 6 N–H and O–H groups in total. The lowest BCUT2D eigenvalue weighted by Gasteiger charge is -2.12. The molecule has 67 heavy (non-hydrogen) atoms. The molecule has 0 saturated carbocycles. The number of aliphatic carboxylic acids is 3. The smallest absolute Gasteiger partial charge is 0.320 e. The maximum absolute atomic E-state index is 12.4. The number of rotatable bonds is 47. The summed E-state index contributed by atoms with van der Waals surface area (Å²) in [5.41, 5.74) is 0. The summed E-state index contributed by atoms with van der Waals surface area (Å²) in [4.78, 5) is 81.7. The first kappa shape index (κ1) is 79.7. The molecule has 17 nitrogen and oxygen atoms in total. The highest BCUT2D eigenvalue weighted by Gasteiger charge is 2.22. The second-order valence-electron chi connectivity index (χ2n) is 15.5. The predicted molar refractivity (Wildman–Crippen MR) is 292 cm³/mol. The molecule has 0 aromatic carbocycles. The number of carboxylic acid groups (broad SMARTS) is 3. The molecule has 23 heteroatoms. The molecular formula is C44H91N3O14S6. The number of unbranched alkanes of at least 4 members (excludes halogenated alkanes) is 14. The van der Waals surface area contributed by atoms with Crippen LogP contribution in [0.2, 0.25) is 0 Å². The zero-order valence-corrected chi connectivity index (χ0v) is 46.0. The van der Waals surface area contributed by atoms with Gasteiger partial charge in [-0.1, -0.05) is 77.0 Å². The number of hydrogen-bond donors (Lipinski definition) is 6. The zero-order valence-electron chi connectivity index (χ0n) is 40.0. The highest BCUT2D eigenvalue weighted by molar-refractivity contribution is 7.60. The van der Waals surface area contributed by atoms with Crippen molar-refractivity contribution < 1.29 is 67.8 Å². The number of carbonyl (C=O) groups is 7. The fourth-order valence-electron chi connectivity index (χ4n) is 6.44. The molecule has 0 aromatic rings. The van der Waals surface area contributed by atoms with Crippen LogP contribution in [0.4, 0.5) is 0 Å². The van der Waals surface area contributed by atoms with Crippen LogP contribution in [0.3, 0.4) is 0 Å². The van der Waals surface area contributed by atoms with Crippen LogP contribution in [0.15, 0.2) is 0 Å². The van der Waals surface area contributed by atoms with Crippen molar-refractivity contribution in [2.24, 2.45) is 5.92 Å². The lowest BCUT2D eigenvalue weighted by atomic mass is 9.94. The van der Waals surface area contributed by atoms with Gasteiger partial charge in [0.2, 0.25) is 11.8 Å². The van der Waals surface area contributed by atoms with Crippen molar-refractivity contribution in [2.45, 2.75) is 160 Å². The van der Waals surface area contributed by atoms with E-state index in [2.05, 4.69) is 16.0 Å². The summed E-state index contributed by atoms with van der Waals surface area (Å²) in [6.07, 6.45) is 18.6. The Morgan fingerprint density at radius 3 is 1.39 bits per heavy atom. The first-order valence-corrected chi connectivity index (χ1v) is 22.7. The summed E-state index contributed by atoms with van der Waals surface area (Å²) in [6, 6.07) is -0.590. The van der Waals surface area contributed by atoms with Crippen LogP contribution in [0.25, 0.3) is 0 Å². The number of nitrogens with one attached hydrogen (secondary N) is 3. The van der Waals surface area contributed by atoms with E-state index < -0.39 is 29.9 Å². The van der Waals surface area contributed by atoms with E-state index in [-0.39, 0.29) is 183 Å². The minimum Gasteiger partial charge on any atom is -0.481 e. The third-order valence-corrected chi connectivity index (χ3v) is 10.1. The van der Waals surface area contributed by atoms with Crippen LogP contribution >= 0.6 is 81.0 Å². The van der Waals surface area contributed by atoms with Crippen molar-refractivity contribution in [3.8, 4) is 0 Å². The van der Waals surface area contributed by atoms with Gasteiger partial charge >= 0.3 is 17.9 Å². The van der Waals surface area contributed by atoms with Gasteiger partial charge in [0.15, 0.2) is 5.78 Å². The molecule has 0 fully saturated rings. The van der Waals surface area contributed by atoms with Crippen molar-refractivity contribution in [1.82, 2.24) is 16.0 Å². The summed E-state index contributed by atoms with van der Waals surface area (Å²) in [6.45, 7) is 2.08. The molecule has 0 aliphatic carbocycles. The number of Topliss-reactive ketones (excluding diaryl/α,β-unsaturated/α-hetero) is 2. The van der Waals surface area contributed by atoms with E-state index in [1.807, 2.05) is 0 Å². The third-order valence-electron chi connectivity index (χ3n) is 10.1. The lowest BCUT2D eigenvalue weighted by molar-refractivity contribution is -0.144. The monoisotopic (exact) mass is 1080 g/mol. The molecule has 0 rings (SSSR count). The van der Waals surface area contributed by atoms with Crippen LogP contribution in [0, 0.1) is 5.92 Å². The van der Waals surface area contributed by atoms with Gasteiger partial charge in [-0.15, -0.1) is 0 Å². The largest absolute Gasteiger partial charge is 0.481 e. The molecule has 2 atom stereocenters. The lowest BCUT2D eigenvalue weighted by Crippen LogP contribution is -2.34. The van der Waals surface area contributed by atoms with E-state index in [9.17, 15) is 38.7 Å². The summed E-state index contributed by atoms with van der Waals surface area (Å²) in [7, 11) is 1.60. The van der Waals surface area contributed by atoms with Gasteiger partial charge in [0.05, 0.1) is 39.0 Å². The molecule has 0 aliphatic heterocycles. The molecule has 2 amide bonds. The topological polar surface area (TPSA) is 253 Å². The van der Waals surface area contributed by atoms with Crippen LogP contribution in [-0.4, -0.2) is 136 Å². The van der Waals surface area contributed by atoms with Gasteiger partial charge in [0, 0.05) is 51.8 Å². The molecule has 0 heterocycles. The summed E-state index contributed by atoms with van der Waals surface area (Å²) in [5.74, 6) is -4.28. The quantitative estimate of drug-likeness (QED) is 0.0387. The molecule has 0 radical (unpaired) electrons. The number of amides is 2. The Morgan fingerprint density at radius 2 is 0.881 bits per heavy atom. The Bertz CT molecular complexity index is 1220. The number of likely N-dealkylation sites (N-methyl/N-ethyl adjacent to an activating group) is 1. The Morgan fingerprint density at radius 1 is 0.418 bits per heavy atom. The van der Waals surface area contributed by atoms with E-state index >= 15 is 0 Å². The maximum atomic E-state index is 12.4. The molecule has 0 aliphatic rings. The van der Waals surface area contributed by atoms with Crippen molar-refractivity contribution in [3.05, 3.63) is 0 Å². The van der Waals surface area contributed by atoms with Crippen molar-refractivity contribution >= 4 is 122 Å². The average molecular weight is 1080 g/mol. The second kappa shape index (κ2) is 58.9. The number of carboxylic acids is 3. The van der Waals surface area contributed by atoms with Gasteiger partial charge in [0.1, 0.15) is 25.0 Å². The summed E-state index contributed by atoms with van der Waals surface area (Å²) >= 11 is 0.